The van der Waals surface area contributed by atoms with E-state index in [4.69, 9.17) is 9.47 Å². The smallest absolute Gasteiger partial charge is 0.300 e. The third-order valence-corrected chi connectivity index (χ3v) is 5.88. The monoisotopic (exact) mass is 421 g/mol. The lowest BCUT2D eigenvalue weighted by molar-refractivity contribution is -0.132. The molecule has 2 aromatic carbocycles. The molecule has 2 heterocycles. The van der Waals surface area contributed by atoms with E-state index in [0.29, 0.717) is 22.7 Å². The van der Waals surface area contributed by atoms with Crippen LogP contribution in [-0.2, 0) is 9.59 Å². The number of Topliss-reactive ketones (excluding diaryl/α,β-unsaturated/α-hetero) is 1. The Kier molecular flexibility index (Phi) is 5.29. The molecule has 1 aromatic heterocycles. The predicted octanol–water partition coefficient (Wildman–Crippen LogP) is 4.39. The van der Waals surface area contributed by atoms with Gasteiger partial charge in [0.2, 0.25) is 0 Å². The van der Waals surface area contributed by atoms with Gasteiger partial charge in [0.1, 0.15) is 23.3 Å². The van der Waals surface area contributed by atoms with Gasteiger partial charge in [-0.2, -0.15) is 0 Å². The van der Waals surface area contributed by atoms with E-state index in [1.165, 1.54) is 23.3 Å². The number of aliphatic hydroxyl groups excluding tert-OH is 1. The van der Waals surface area contributed by atoms with Crippen LogP contribution in [0.5, 0.6) is 11.5 Å². The number of amides is 1. The van der Waals surface area contributed by atoms with Crippen LogP contribution in [0, 0.1) is 0 Å². The van der Waals surface area contributed by atoms with E-state index >= 15 is 0 Å². The third-order valence-electron chi connectivity index (χ3n) is 4.95. The molecule has 0 bridgehead atoms. The van der Waals surface area contributed by atoms with Gasteiger partial charge in [-0.25, -0.2) is 0 Å². The summed E-state index contributed by atoms with van der Waals surface area (Å²) in [7, 11) is 3.08. The first kappa shape index (κ1) is 19.7. The molecule has 3 aromatic rings. The van der Waals surface area contributed by atoms with Gasteiger partial charge in [-0.05, 0) is 47.8 Å². The van der Waals surface area contributed by atoms with Gasteiger partial charge in [0.05, 0.1) is 19.8 Å². The molecule has 1 saturated heterocycles. The fourth-order valence-electron chi connectivity index (χ4n) is 3.48. The quantitative estimate of drug-likeness (QED) is 0.376. The number of carbonyl (C=O) groups is 2. The Labute approximate surface area is 177 Å². The Balaban J connectivity index is 1.89. The fraction of sp³-hybridized carbons (Fsp3) is 0.130. The largest absolute Gasteiger partial charge is 0.507 e. The van der Waals surface area contributed by atoms with Gasteiger partial charge in [-0.15, -0.1) is 11.3 Å². The van der Waals surface area contributed by atoms with Crippen molar-refractivity contribution in [1.82, 2.24) is 0 Å². The van der Waals surface area contributed by atoms with Crippen molar-refractivity contribution in [2.75, 3.05) is 19.1 Å². The molecule has 4 rings (SSSR count). The highest BCUT2D eigenvalue weighted by atomic mass is 32.1. The molecule has 6 nitrogen and oxygen atoms in total. The number of benzene rings is 2. The minimum Gasteiger partial charge on any atom is -0.507 e. The van der Waals surface area contributed by atoms with E-state index in [9.17, 15) is 14.7 Å². The molecule has 152 valence electrons. The van der Waals surface area contributed by atoms with Crippen LogP contribution in [-0.4, -0.2) is 31.0 Å². The molecule has 0 radical (unpaired) electrons. The SMILES string of the molecule is COc1ccc(N2C(=O)C(=O)/C(=C(\O)c3cccc(OC)c3)C2c2cccs2)cc1. The standard InChI is InChI=1S/C23H19NO5S/c1-28-16-10-8-15(9-11-16)24-20(18-7-4-12-30-18)19(22(26)23(24)27)21(25)14-5-3-6-17(13-14)29-2/h3-13,20,25H,1-2H3/b21-19-. The van der Waals surface area contributed by atoms with Crippen molar-refractivity contribution in [2.24, 2.45) is 0 Å². The lowest BCUT2D eigenvalue weighted by atomic mass is 9.99. The number of ketones is 1. The van der Waals surface area contributed by atoms with Crippen LogP contribution in [0.25, 0.3) is 5.76 Å². The molecule has 0 spiro atoms. The molecule has 0 saturated carbocycles. The summed E-state index contributed by atoms with van der Waals surface area (Å²) in [4.78, 5) is 28.2. The topological polar surface area (TPSA) is 76.1 Å². The minimum atomic E-state index is -0.732. The molecule has 1 atom stereocenters. The van der Waals surface area contributed by atoms with Crippen LogP contribution in [0.3, 0.4) is 0 Å². The number of hydrogen-bond acceptors (Lipinski definition) is 6. The minimum absolute atomic E-state index is 0.0477. The number of rotatable bonds is 5. The van der Waals surface area contributed by atoms with Crippen molar-refractivity contribution in [1.29, 1.82) is 0 Å². The molecule has 1 aliphatic heterocycles. The number of nitrogens with zero attached hydrogens (tertiary/aromatic N) is 1. The molecular weight excluding hydrogens is 402 g/mol. The van der Waals surface area contributed by atoms with Gasteiger partial charge in [0.25, 0.3) is 11.7 Å². The van der Waals surface area contributed by atoms with Gasteiger partial charge in [0.15, 0.2) is 0 Å². The lowest BCUT2D eigenvalue weighted by Crippen LogP contribution is -2.29. The second-order valence-corrected chi connectivity index (χ2v) is 7.59. The lowest BCUT2D eigenvalue weighted by Gasteiger charge is -2.24. The number of carbonyl (C=O) groups excluding carboxylic acids is 2. The Bertz CT molecular complexity index is 1120. The number of methoxy groups -OCH3 is 2. The zero-order chi connectivity index (χ0) is 21.3. The second kappa shape index (κ2) is 8.04. The highest BCUT2D eigenvalue weighted by Crippen LogP contribution is 2.43. The van der Waals surface area contributed by atoms with Crippen LogP contribution in [0.1, 0.15) is 16.5 Å². The van der Waals surface area contributed by atoms with Crippen molar-refractivity contribution < 1.29 is 24.2 Å². The first-order chi connectivity index (χ1) is 14.5. The van der Waals surface area contributed by atoms with Crippen molar-refractivity contribution in [3.63, 3.8) is 0 Å². The van der Waals surface area contributed by atoms with Crippen LogP contribution >= 0.6 is 11.3 Å². The summed E-state index contributed by atoms with van der Waals surface area (Å²) < 4.78 is 10.4. The molecule has 1 aliphatic rings. The van der Waals surface area contributed by atoms with Crippen LogP contribution in [0.2, 0.25) is 0 Å². The number of hydrogen-bond donors (Lipinski definition) is 1. The van der Waals surface area contributed by atoms with Gasteiger partial charge >= 0.3 is 0 Å². The van der Waals surface area contributed by atoms with Gasteiger partial charge in [-0.3, -0.25) is 14.5 Å². The number of thiophene rings is 1. The maximum absolute atomic E-state index is 13.0. The molecule has 1 N–H and O–H groups in total. The van der Waals surface area contributed by atoms with Crippen LogP contribution in [0.15, 0.2) is 71.6 Å². The molecular formula is C23H19NO5S. The van der Waals surface area contributed by atoms with E-state index in [-0.39, 0.29) is 11.3 Å². The van der Waals surface area contributed by atoms with Gasteiger partial charge < -0.3 is 14.6 Å². The summed E-state index contributed by atoms with van der Waals surface area (Å²) >= 11 is 1.41. The average Bonchev–Trinajstić information content (AvgIpc) is 3.40. The number of aliphatic hydroxyl groups is 1. The predicted molar refractivity (Wildman–Crippen MR) is 115 cm³/mol. The van der Waals surface area contributed by atoms with Gasteiger partial charge in [0, 0.05) is 16.1 Å². The van der Waals surface area contributed by atoms with E-state index in [1.54, 1.807) is 55.6 Å². The Hall–Kier alpha value is -3.58. The molecule has 7 heteroatoms. The Morgan fingerprint density at radius 1 is 0.967 bits per heavy atom. The van der Waals surface area contributed by atoms with E-state index < -0.39 is 17.7 Å². The van der Waals surface area contributed by atoms with Crippen molar-refractivity contribution in [3.05, 3.63) is 82.1 Å². The maximum Gasteiger partial charge on any atom is 0.300 e. The first-order valence-electron chi connectivity index (χ1n) is 9.18. The van der Waals surface area contributed by atoms with E-state index in [1.807, 2.05) is 17.5 Å². The third kappa shape index (κ3) is 3.33. The molecule has 1 fully saturated rings. The Morgan fingerprint density at radius 2 is 1.70 bits per heavy atom. The zero-order valence-electron chi connectivity index (χ0n) is 16.4. The Morgan fingerprint density at radius 3 is 2.33 bits per heavy atom. The van der Waals surface area contributed by atoms with E-state index in [0.717, 1.165) is 4.88 Å². The maximum atomic E-state index is 13.0. The summed E-state index contributed by atoms with van der Waals surface area (Å²) in [6.07, 6.45) is 0. The average molecular weight is 421 g/mol. The summed E-state index contributed by atoms with van der Waals surface area (Å²) in [5.74, 6) is -0.482. The summed E-state index contributed by atoms with van der Waals surface area (Å²) in [6, 6.07) is 16.6. The number of anilines is 1. The van der Waals surface area contributed by atoms with Crippen LogP contribution in [0.4, 0.5) is 5.69 Å². The van der Waals surface area contributed by atoms with Gasteiger partial charge in [-0.1, -0.05) is 18.2 Å². The zero-order valence-corrected chi connectivity index (χ0v) is 17.2. The molecule has 1 unspecified atom stereocenters. The summed E-state index contributed by atoms with van der Waals surface area (Å²) in [6.45, 7) is 0. The number of ether oxygens (including phenoxy) is 2. The van der Waals surface area contributed by atoms with Crippen molar-refractivity contribution in [3.8, 4) is 11.5 Å². The highest BCUT2D eigenvalue weighted by molar-refractivity contribution is 7.10. The van der Waals surface area contributed by atoms with E-state index in [2.05, 4.69) is 0 Å². The van der Waals surface area contributed by atoms with Crippen LogP contribution < -0.4 is 14.4 Å². The normalized spacial score (nSPS) is 17.9. The highest BCUT2D eigenvalue weighted by Gasteiger charge is 2.47. The second-order valence-electron chi connectivity index (χ2n) is 6.61. The molecule has 1 amide bonds. The fourth-order valence-corrected chi connectivity index (χ4v) is 4.31. The molecule has 30 heavy (non-hydrogen) atoms. The summed E-state index contributed by atoms with van der Waals surface area (Å²) in [5, 5.41) is 12.9. The molecule has 0 aliphatic carbocycles. The van der Waals surface area contributed by atoms with Crippen molar-refractivity contribution in [2.45, 2.75) is 6.04 Å². The van der Waals surface area contributed by atoms with Crippen molar-refractivity contribution >= 4 is 34.5 Å². The summed E-state index contributed by atoms with van der Waals surface area (Å²) in [5.41, 5.74) is 0.996. The first-order valence-corrected chi connectivity index (χ1v) is 10.1.